The molecule has 0 fully saturated rings. The van der Waals surface area contributed by atoms with Crippen LogP contribution < -0.4 is 9.47 Å². The van der Waals surface area contributed by atoms with Gasteiger partial charge in [-0.25, -0.2) is 9.37 Å². The topological polar surface area (TPSA) is 85.2 Å². The third kappa shape index (κ3) is 3.82. The molecule has 10 heteroatoms. The fraction of sp³-hybridized carbons (Fsp3) is 0.120. The van der Waals surface area contributed by atoms with E-state index in [-0.39, 0.29) is 23.2 Å². The van der Waals surface area contributed by atoms with Crippen LogP contribution in [0.5, 0.6) is 17.4 Å². The van der Waals surface area contributed by atoms with Crippen molar-refractivity contribution >= 4 is 11.0 Å². The maximum absolute atomic E-state index is 13.5. The minimum atomic E-state index is -3.75. The van der Waals surface area contributed by atoms with E-state index in [0.29, 0.717) is 41.1 Å². The van der Waals surface area contributed by atoms with Crippen molar-refractivity contribution in [2.24, 2.45) is 0 Å². The van der Waals surface area contributed by atoms with Gasteiger partial charge in [-0.05, 0) is 60.9 Å². The molecule has 0 amide bonds. The summed E-state index contributed by atoms with van der Waals surface area (Å²) in [4.78, 5) is 7.62. The molecule has 0 bridgehead atoms. The van der Waals surface area contributed by atoms with Gasteiger partial charge < -0.3 is 19.6 Å². The predicted molar refractivity (Wildman–Crippen MR) is 120 cm³/mol. The van der Waals surface area contributed by atoms with Crippen molar-refractivity contribution in [1.82, 2.24) is 19.7 Å². The Morgan fingerprint density at radius 1 is 0.943 bits per heavy atom. The van der Waals surface area contributed by atoms with Crippen LogP contribution in [-0.2, 0) is 12.8 Å². The van der Waals surface area contributed by atoms with E-state index in [9.17, 15) is 18.3 Å². The number of aromatic hydroxyl groups is 1. The molecule has 7 nitrogen and oxygen atoms in total. The van der Waals surface area contributed by atoms with Crippen LogP contribution in [0, 0.1) is 5.82 Å². The molecule has 1 aliphatic rings. The molecule has 6 rings (SSSR count). The lowest BCUT2D eigenvalue weighted by Crippen LogP contribution is -2.25. The van der Waals surface area contributed by atoms with Gasteiger partial charge in [0.05, 0.1) is 11.0 Å². The number of halogens is 3. The van der Waals surface area contributed by atoms with E-state index in [0.717, 1.165) is 11.1 Å². The van der Waals surface area contributed by atoms with E-state index < -0.39 is 6.29 Å². The second-order valence-electron chi connectivity index (χ2n) is 8.10. The van der Waals surface area contributed by atoms with Gasteiger partial charge in [0.2, 0.25) is 11.8 Å². The van der Waals surface area contributed by atoms with Crippen LogP contribution in [0.3, 0.4) is 0 Å². The summed E-state index contributed by atoms with van der Waals surface area (Å²) >= 11 is 0. The molecule has 1 aliphatic heterocycles. The maximum atomic E-state index is 13.5. The minimum Gasteiger partial charge on any atom is -0.493 e. The quantitative estimate of drug-likeness (QED) is 0.355. The van der Waals surface area contributed by atoms with E-state index in [2.05, 4.69) is 24.5 Å². The first kappa shape index (κ1) is 21.1. The molecule has 35 heavy (non-hydrogen) atoms. The fourth-order valence-corrected chi connectivity index (χ4v) is 4.11. The van der Waals surface area contributed by atoms with Gasteiger partial charge in [0.1, 0.15) is 11.5 Å². The van der Waals surface area contributed by atoms with Crippen LogP contribution in [0.15, 0.2) is 66.7 Å². The fourth-order valence-electron chi connectivity index (χ4n) is 4.11. The smallest absolute Gasteiger partial charge is 0.493 e. The Hall–Kier alpha value is -4.47. The zero-order chi connectivity index (χ0) is 24.2. The van der Waals surface area contributed by atoms with Gasteiger partial charge in [-0.15, -0.1) is 8.78 Å². The van der Waals surface area contributed by atoms with Crippen LogP contribution >= 0.6 is 0 Å². The summed E-state index contributed by atoms with van der Waals surface area (Å²) in [5, 5.41) is 15.7. The standard InChI is InChI=1S/C25H17F3N4O3/c26-16-9-5-14(6-10-16)7-11-17-22(15-8-12-20-21(13-15)35-25(27,28)34-20)31-32(23(17)33)24-29-18-3-1-2-4-19(18)30-24/h1-6,8-10,12-13,33H,7,11H2,(H,29,30). The molecule has 0 unspecified atom stereocenters. The number of benzene rings is 3. The number of hydrogen-bond acceptors (Lipinski definition) is 5. The Morgan fingerprint density at radius 3 is 2.51 bits per heavy atom. The number of rotatable bonds is 5. The van der Waals surface area contributed by atoms with Gasteiger partial charge in [0.15, 0.2) is 11.5 Å². The summed E-state index contributed by atoms with van der Waals surface area (Å²) in [5.41, 5.74) is 3.60. The Morgan fingerprint density at radius 2 is 1.71 bits per heavy atom. The lowest BCUT2D eigenvalue weighted by atomic mass is 10.0. The second-order valence-corrected chi connectivity index (χ2v) is 8.10. The first-order chi connectivity index (χ1) is 16.9. The number of hydrogen-bond donors (Lipinski definition) is 2. The van der Waals surface area contributed by atoms with Gasteiger partial charge in [0, 0.05) is 11.1 Å². The predicted octanol–water partition coefficient (Wildman–Crippen LogP) is 5.37. The molecule has 0 saturated heterocycles. The van der Waals surface area contributed by atoms with Crippen molar-refractivity contribution in [3.8, 4) is 34.6 Å². The molecule has 3 heterocycles. The first-order valence-corrected chi connectivity index (χ1v) is 10.8. The largest absolute Gasteiger partial charge is 0.586 e. The Bertz CT molecular complexity index is 1530. The van der Waals surface area contributed by atoms with E-state index in [4.69, 9.17) is 0 Å². The highest BCUT2D eigenvalue weighted by atomic mass is 19.3. The molecule has 2 aromatic heterocycles. The third-order valence-corrected chi connectivity index (χ3v) is 5.79. The van der Waals surface area contributed by atoms with E-state index in [1.54, 1.807) is 18.2 Å². The zero-order valence-electron chi connectivity index (χ0n) is 18.0. The number of nitrogens with one attached hydrogen (secondary N) is 1. The van der Waals surface area contributed by atoms with Crippen molar-refractivity contribution in [3.05, 3.63) is 83.7 Å². The maximum Gasteiger partial charge on any atom is 0.586 e. The number of aromatic nitrogens is 4. The Balaban J connectivity index is 1.44. The van der Waals surface area contributed by atoms with Crippen molar-refractivity contribution in [1.29, 1.82) is 0 Å². The van der Waals surface area contributed by atoms with Crippen LogP contribution in [0.1, 0.15) is 11.1 Å². The molecule has 2 N–H and O–H groups in total. The van der Waals surface area contributed by atoms with Crippen molar-refractivity contribution in [2.75, 3.05) is 0 Å². The molecule has 0 aliphatic carbocycles. The highest BCUT2D eigenvalue weighted by molar-refractivity contribution is 5.76. The third-order valence-electron chi connectivity index (χ3n) is 5.79. The van der Waals surface area contributed by atoms with Gasteiger partial charge in [-0.2, -0.15) is 9.78 Å². The summed E-state index contributed by atoms with van der Waals surface area (Å²) in [5.74, 6) is -0.413. The average Bonchev–Trinajstić information content (AvgIpc) is 3.49. The summed E-state index contributed by atoms with van der Waals surface area (Å²) < 4.78 is 50.7. The SMILES string of the molecule is Oc1c(CCc2ccc(F)cc2)c(-c2ccc3c(c2)OC(F)(F)O3)nn1-c1nc2ccccc2[nH]1. The molecule has 0 radical (unpaired) electrons. The number of alkyl halides is 2. The molecule has 0 spiro atoms. The van der Waals surface area contributed by atoms with Gasteiger partial charge in [-0.1, -0.05) is 24.3 Å². The second kappa shape index (κ2) is 7.79. The molecule has 0 atom stereocenters. The highest BCUT2D eigenvalue weighted by Gasteiger charge is 2.43. The van der Waals surface area contributed by atoms with Gasteiger partial charge >= 0.3 is 6.29 Å². The normalized spacial score (nSPS) is 14.0. The number of H-pyrrole nitrogens is 1. The van der Waals surface area contributed by atoms with Crippen LogP contribution in [0.4, 0.5) is 13.2 Å². The lowest BCUT2D eigenvalue weighted by molar-refractivity contribution is -0.286. The Labute approximate surface area is 196 Å². The number of nitrogens with zero attached hydrogens (tertiary/aromatic N) is 3. The number of imidazole rings is 1. The summed E-state index contributed by atoms with van der Waals surface area (Å²) in [6.45, 7) is 0. The zero-order valence-corrected chi connectivity index (χ0v) is 18.0. The highest BCUT2D eigenvalue weighted by Crippen LogP contribution is 2.44. The van der Waals surface area contributed by atoms with Crippen LogP contribution in [0.2, 0.25) is 0 Å². The molecule has 176 valence electrons. The van der Waals surface area contributed by atoms with Crippen LogP contribution in [0.25, 0.3) is 28.2 Å². The number of aryl methyl sites for hydroxylation is 1. The van der Waals surface area contributed by atoms with Crippen molar-refractivity contribution in [2.45, 2.75) is 19.1 Å². The van der Waals surface area contributed by atoms with Crippen molar-refractivity contribution in [3.63, 3.8) is 0 Å². The number of fused-ring (bicyclic) bond motifs is 2. The van der Waals surface area contributed by atoms with E-state index in [1.807, 2.05) is 24.3 Å². The minimum absolute atomic E-state index is 0.0902. The average molecular weight is 478 g/mol. The summed E-state index contributed by atoms with van der Waals surface area (Å²) in [6, 6.07) is 17.8. The number of aromatic amines is 1. The lowest BCUT2D eigenvalue weighted by Gasteiger charge is -2.05. The molecular formula is C25H17F3N4O3. The monoisotopic (exact) mass is 478 g/mol. The van der Waals surface area contributed by atoms with Gasteiger partial charge in [0.25, 0.3) is 0 Å². The van der Waals surface area contributed by atoms with Crippen molar-refractivity contribution < 1.29 is 27.8 Å². The molecule has 3 aromatic carbocycles. The summed E-state index contributed by atoms with van der Waals surface area (Å²) in [7, 11) is 0. The number of ether oxygens (including phenoxy) is 2. The molecular weight excluding hydrogens is 461 g/mol. The van der Waals surface area contributed by atoms with E-state index >= 15 is 0 Å². The molecule has 0 saturated carbocycles. The van der Waals surface area contributed by atoms with E-state index in [1.165, 1.54) is 28.9 Å². The van der Waals surface area contributed by atoms with Crippen LogP contribution in [-0.4, -0.2) is 31.1 Å². The molecule has 5 aromatic rings. The Kier molecular flexibility index (Phi) is 4.70. The summed E-state index contributed by atoms with van der Waals surface area (Å²) in [6.07, 6.45) is -2.92. The number of para-hydroxylation sites is 2. The van der Waals surface area contributed by atoms with Gasteiger partial charge in [-0.3, -0.25) is 0 Å². The first-order valence-electron chi connectivity index (χ1n) is 10.8.